The Hall–Kier alpha value is -0.680. The minimum absolute atomic E-state index is 0.248. The Balaban J connectivity index is 2.15. The summed E-state index contributed by atoms with van der Waals surface area (Å²) in [6, 6.07) is 4.53. The lowest BCUT2D eigenvalue weighted by atomic mass is 10.2. The summed E-state index contributed by atoms with van der Waals surface area (Å²) in [4.78, 5) is 0. The van der Waals surface area contributed by atoms with E-state index in [1.54, 1.807) is 13.2 Å². The van der Waals surface area contributed by atoms with Crippen molar-refractivity contribution in [2.75, 3.05) is 33.5 Å². The van der Waals surface area contributed by atoms with Crippen LogP contribution < -0.4 is 5.32 Å². The predicted octanol–water partition coefficient (Wildman–Crippen LogP) is 2.23. The second kappa shape index (κ2) is 8.42. The molecule has 1 N–H and O–H groups in total. The van der Waals surface area contributed by atoms with E-state index in [9.17, 15) is 4.39 Å². The fraction of sp³-hybridized carbons (Fsp3) is 0.500. The topological polar surface area (TPSA) is 30.5 Å². The summed E-state index contributed by atoms with van der Waals surface area (Å²) in [5.74, 6) is -0.248. The zero-order valence-electron chi connectivity index (χ0n) is 9.84. The van der Waals surface area contributed by atoms with Crippen molar-refractivity contribution in [3.63, 3.8) is 0 Å². The largest absolute Gasteiger partial charge is 0.382 e. The van der Waals surface area contributed by atoms with Crippen molar-refractivity contribution in [3.05, 3.63) is 34.6 Å². The van der Waals surface area contributed by atoms with Gasteiger partial charge in [0.25, 0.3) is 0 Å². The molecular formula is C12H17ClFNO2. The van der Waals surface area contributed by atoms with E-state index in [1.807, 2.05) is 0 Å². The van der Waals surface area contributed by atoms with E-state index in [4.69, 9.17) is 21.1 Å². The molecule has 0 aliphatic rings. The van der Waals surface area contributed by atoms with Gasteiger partial charge in [0.15, 0.2) is 0 Å². The molecule has 0 unspecified atom stereocenters. The lowest BCUT2D eigenvalue weighted by Gasteiger charge is -2.07. The zero-order valence-corrected chi connectivity index (χ0v) is 10.6. The molecule has 3 nitrogen and oxygen atoms in total. The minimum Gasteiger partial charge on any atom is -0.382 e. The highest BCUT2D eigenvalue weighted by molar-refractivity contribution is 6.30. The molecule has 1 aromatic rings. The Kier molecular flexibility index (Phi) is 7.12. The Morgan fingerprint density at radius 1 is 1.29 bits per heavy atom. The fourth-order valence-corrected chi connectivity index (χ4v) is 1.49. The number of halogens is 2. The molecule has 0 aliphatic heterocycles. The first-order chi connectivity index (χ1) is 8.24. The molecule has 0 amide bonds. The van der Waals surface area contributed by atoms with Crippen molar-refractivity contribution in [3.8, 4) is 0 Å². The third kappa shape index (κ3) is 5.98. The first-order valence-electron chi connectivity index (χ1n) is 5.45. The average Bonchev–Trinajstić information content (AvgIpc) is 2.32. The monoisotopic (exact) mass is 261 g/mol. The second-order valence-corrected chi connectivity index (χ2v) is 3.95. The number of nitrogens with one attached hydrogen (secondary N) is 1. The normalized spacial score (nSPS) is 10.8. The molecule has 0 bridgehead atoms. The minimum atomic E-state index is -0.248. The van der Waals surface area contributed by atoms with Crippen molar-refractivity contribution in [1.29, 1.82) is 0 Å². The summed E-state index contributed by atoms with van der Waals surface area (Å²) in [6.45, 7) is 2.84. The Morgan fingerprint density at radius 2 is 2.12 bits per heavy atom. The summed E-state index contributed by atoms with van der Waals surface area (Å²) >= 11 is 5.78. The number of ether oxygens (including phenoxy) is 2. The molecule has 5 heteroatoms. The van der Waals surface area contributed by atoms with Crippen molar-refractivity contribution < 1.29 is 13.9 Å². The van der Waals surface area contributed by atoms with Crippen LogP contribution >= 0.6 is 11.6 Å². The molecule has 0 fully saturated rings. The van der Waals surface area contributed by atoms with Crippen molar-refractivity contribution >= 4 is 11.6 Å². The SMILES string of the molecule is COCCOCCNCc1cc(Cl)ccc1F. The van der Waals surface area contributed by atoms with Crippen LogP contribution in [-0.2, 0) is 16.0 Å². The molecule has 0 aliphatic carbocycles. The van der Waals surface area contributed by atoms with Gasteiger partial charge in [-0.2, -0.15) is 0 Å². The van der Waals surface area contributed by atoms with Crippen LogP contribution in [-0.4, -0.2) is 33.5 Å². The number of hydrogen-bond acceptors (Lipinski definition) is 3. The van der Waals surface area contributed by atoms with E-state index in [0.29, 0.717) is 43.5 Å². The van der Waals surface area contributed by atoms with Crippen LogP contribution in [0, 0.1) is 5.82 Å². The molecule has 0 saturated heterocycles. The maximum absolute atomic E-state index is 13.3. The number of benzene rings is 1. The lowest BCUT2D eigenvalue weighted by Crippen LogP contribution is -2.20. The molecular weight excluding hydrogens is 245 g/mol. The fourth-order valence-electron chi connectivity index (χ4n) is 1.29. The van der Waals surface area contributed by atoms with Gasteiger partial charge in [-0.1, -0.05) is 11.6 Å². The van der Waals surface area contributed by atoms with Gasteiger partial charge < -0.3 is 14.8 Å². The van der Waals surface area contributed by atoms with Crippen LogP contribution in [0.2, 0.25) is 5.02 Å². The quantitative estimate of drug-likeness (QED) is 0.728. The highest BCUT2D eigenvalue weighted by Gasteiger charge is 2.01. The Morgan fingerprint density at radius 3 is 2.88 bits per heavy atom. The van der Waals surface area contributed by atoms with Crippen LogP contribution in [0.1, 0.15) is 5.56 Å². The second-order valence-electron chi connectivity index (χ2n) is 3.52. The molecule has 1 aromatic carbocycles. The predicted molar refractivity (Wildman–Crippen MR) is 65.8 cm³/mol. The summed E-state index contributed by atoms with van der Waals surface area (Å²) < 4.78 is 23.4. The Bertz CT molecular complexity index is 336. The molecule has 17 heavy (non-hydrogen) atoms. The van der Waals surface area contributed by atoms with Gasteiger partial charge in [-0.15, -0.1) is 0 Å². The molecule has 0 radical (unpaired) electrons. The summed E-state index contributed by atoms with van der Waals surface area (Å²) in [6.07, 6.45) is 0. The van der Waals surface area contributed by atoms with Crippen LogP contribution in [0.5, 0.6) is 0 Å². The number of hydrogen-bond donors (Lipinski definition) is 1. The number of methoxy groups -OCH3 is 1. The molecule has 0 heterocycles. The van der Waals surface area contributed by atoms with Gasteiger partial charge in [-0.3, -0.25) is 0 Å². The molecule has 0 atom stereocenters. The first-order valence-corrected chi connectivity index (χ1v) is 5.83. The maximum atomic E-state index is 13.3. The van der Waals surface area contributed by atoms with E-state index in [0.717, 1.165) is 0 Å². The molecule has 1 rings (SSSR count). The van der Waals surface area contributed by atoms with Crippen molar-refractivity contribution in [2.45, 2.75) is 6.54 Å². The van der Waals surface area contributed by atoms with Crippen molar-refractivity contribution in [1.82, 2.24) is 5.32 Å². The summed E-state index contributed by atoms with van der Waals surface area (Å²) in [5, 5.41) is 3.62. The van der Waals surface area contributed by atoms with E-state index >= 15 is 0 Å². The highest BCUT2D eigenvalue weighted by Crippen LogP contribution is 2.14. The van der Waals surface area contributed by atoms with Gasteiger partial charge in [0.1, 0.15) is 5.82 Å². The first kappa shape index (κ1) is 14.4. The van der Waals surface area contributed by atoms with Gasteiger partial charge in [0.2, 0.25) is 0 Å². The van der Waals surface area contributed by atoms with Gasteiger partial charge in [-0.25, -0.2) is 4.39 Å². The van der Waals surface area contributed by atoms with Gasteiger partial charge in [-0.05, 0) is 18.2 Å². The maximum Gasteiger partial charge on any atom is 0.127 e. The third-order valence-electron chi connectivity index (χ3n) is 2.18. The van der Waals surface area contributed by atoms with Crippen molar-refractivity contribution in [2.24, 2.45) is 0 Å². The van der Waals surface area contributed by atoms with Crippen LogP contribution in [0.4, 0.5) is 4.39 Å². The lowest BCUT2D eigenvalue weighted by molar-refractivity contribution is 0.0719. The highest BCUT2D eigenvalue weighted by atomic mass is 35.5. The van der Waals surface area contributed by atoms with E-state index < -0.39 is 0 Å². The van der Waals surface area contributed by atoms with Gasteiger partial charge >= 0.3 is 0 Å². The van der Waals surface area contributed by atoms with E-state index in [1.165, 1.54) is 12.1 Å². The zero-order chi connectivity index (χ0) is 12.5. The third-order valence-corrected chi connectivity index (χ3v) is 2.41. The van der Waals surface area contributed by atoms with Gasteiger partial charge in [0, 0.05) is 30.8 Å². The molecule has 0 aromatic heterocycles. The van der Waals surface area contributed by atoms with Gasteiger partial charge in [0.05, 0.1) is 19.8 Å². The standard InChI is InChI=1S/C12H17ClFNO2/c1-16-6-7-17-5-4-15-9-10-8-11(13)2-3-12(10)14/h2-3,8,15H,4-7,9H2,1H3. The average molecular weight is 262 g/mol. The molecule has 0 saturated carbocycles. The van der Waals surface area contributed by atoms with E-state index in [2.05, 4.69) is 5.32 Å². The smallest absolute Gasteiger partial charge is 0.127 e. The molecule has 0 spiro atoms. The van der Waals surface area contributed by atoms with E-state index in [-0.39, 0.29) is 5.82 Å². The summed E-state index contributed by atoms with van der Waals surface area (Å²) in [7, 11) is 1.63. The Labute approximate surface area is 106 Å². The van der Waals surface area contributed by atoms with Crippen LogP contribution in [0.25, 0.3) is 0 Å². The number of rotatable bonds is 8. The summed E-state index contributed by atoms with van der Waals surface area (Å²) in [5.41, 5.74) is 0.564. The van der Waals surface area contributed by atoms with Crippen LogP contribution in [0.3, 0.4) is 0 Å². The van der Waals surface area contributed by atoms with Crippen LogP contribution in [0.15, 0.2) is 18.2 Å². The molecule has 96 valence electrons.